The van der Waals surface area contributed by atoms with E-state index in [2.05, 4.69) is 9.82 Å². The molecule has 1 N–H and O–H groups in total. The maximum absolute atomic E-state index is 12.9. The summed E-state index contributed by atoms with van der Waals surface area (Å²) in [6.07, 6.45) is 6.80. The molecule has 1 aromatic rings. The first-order valence-electron chi connectivity index (χ1n) is 8.01. The highest BCUT2D eigenvalue weighted by Gasteiger charge is 2.52. The number of hydrogen-bond donors (Lipinski definition) is 1. The van der Waals surface area contributed by atoms with Crippen LogP contribution in [0.1, 0.15) is 44.2 Å². The molecule has 4 bridgehead atoms. The molecular formula is C15H22ClN3O2S. The molecule has 0 spiro atoms. The van der Waals surface area contributed by atoms with E-state index in [1.807, 2.05) is 0 Å². The van der Waals surface area contributed by atoms with Gasteiger partial charge in [0.05, 0.1) is 5.69 Å². The van der Waals surface area contributed by atoms with Crippen LogP contribution in [0.3, 0.4) is 0 Å². The number of hydrogen-bond acceptors (Lipinski definition) is 3. The highest BCUT2D eigenvalue weighted by molar-refractivity contribution is 7.89. The SMILES string of the molecule is Cc1nn(C)c(Cl)c1S(=O)(=O)NC12CC3CC(CC(C3)C1)C2. The van der Waals surface area contributed by atoms with Gasteiger partial charge >= 0.3 is 0 Å². The normalized spacial score (nSPS) is 37.0. The summed E-state index contributed by atoms with van der Waals surface area (Å²) in [5.74, 6) is 2.08. The topological polar surface area (TPSA) is 64.0 Å². The van der Waals surface area contributed by atoms with Crippen molar-refractivity contribution in [1.29, 1.82) is 0 Å². The molecule has 4 saturated carbocycles. The van der Waals surface area contributed by atoms with Crippen LogP contribution in [0, 0.1) is 24.7 Å². The van der Waals surface area contributed by atoms with Gasteiger partial charge in [0.25, 0.3) is 0 Å². The number of nitrogens with one attached hydrogen (secondary N) is 1. The third-order valence-corrected chi connectivity index (χ3v) is 8.03. The quantitative estimate of drug-likeness (QED) is 0.917. The van der Waals surface area contributed by atoms with Crippen LogP contribution in [0.4, 0.5) is 0 Å². The Hall–Kier alpha value is -0.590. The molecule has 0 aromatic carbocycles. The summed E-state index contributed by atoms with van der Waals surface area (Å²) in [5.41, 5.74) is 0.212. The molecule has 0 unspecified atom stereocenters. The molecule has 0 atom stereocenters. The Labute approximate surface area is 136 Å². The Morgan fingerprint density at radius 3 is 2.09 bits per heavy atom. The Bertz CT molecular complexity index is 690. The molecule has 1 aromatic heterocycles. The van der Waals surface area contributed by atoms with Gasteiger partial charge in [-0.2, -0.15) is 5.10 Å². The van der Waals surface area contributed by atoms with E-state index in [1.165, 1.54) is 23.9 Å². The molecule has 0 saturated heterocycles. The van der Waals surface area contributed by atoms with E-state index < -0.39 is 10.0 Å². The maximum atomic E-state index is 12.9. The van der Waals surface area contributed by atoms with Gasteiger partial charge in [0.2, 0.25) is 10.0 Å². The number of sulfonamides is 1. The van der Waals surface area contributed by atoms with E-state index in [4.69, 9.17) is 11.6 Å². The van der Waals surface area contributed by atoms with Gasteiger partial charge in [-0.05, 0) is 63.2 Å². The van der Waals surface area contributed by atoms with Crippen LogP contribution >= 0.6 is 11.6 Å². The number of rotatable bonds is 3. The molecule has 4 fully saturated rings. The van der Waals surface area contributed by atoms with Gasteiger partial charge in [0.15, 0.2) is 0 Å². The summed E-state index contributed by atoms with van der Waals surface area (Å²) in [6.45, 7) is 1.69. The monoisotopic (exact) mass is 343 g/mol. The summed E-state index contributed by atoms with van der Waals surface area (Å²) >= 11 is 6.17. The third kappa shape index (κ3) is 2.22. The van der Waals surface area contributed by atoms with E-state index in [0.29, 0.717) is 23.4 Å². The molecule has 0 aliphatic heterocycles. The maximum Gasteiger partial charge on any atom is 0.246 e. The van der Waals surface area contributed by atoms with Gasteiger partial charge in [-0.15, -0.1) is 0 Å². The molecule has 7 heteroatoms. The lowest BCUT2D eigenvalue weighted by atomic mass is 9.53. The first kappa shape index (κ1) is 15.0. The molecule has 4 aliphatic carbocycles. The van der Waals surface area contributed by atoms with Crippen molar-refractivity contribution in [2.24, 2.45) is 24.8 Å². The predicted octanol–water partition coefficient (Wildman–Crippen LogP) is 2.63. The van der Waals surface area contributed by atoms with Crippen molar-refractivity contribution in [1.82, 2.24) is 14.5 Å². The van der Waals surface area contributed by atoms with Crippen molar-refractivity contribution in [3.63, 3.8) is 0 Å². The number of aromatic nitrogens is 2. The minimum Gasteiger partial charge on any atom is -0.255 e. The lowest BCUT2D eigenvalue weighted by molar-refractivity contribution is -0.00810. The first-order chi connectivity index (χ1) is 10.3. The van der Waals surface area contributed by atoms with Crippen molar-refractivity contribution >= 4 is 21.6 Å². The zero-order valence-corrected chi connectivity index (χ0v) is 14.5. The van der Waals surface area contributed by atoms with Crippen LogP contribution < -0.4 is 4.72 Å². The fourth-order valence-electron chi connectivity index (χ4n) is 5.49. The highest BCUT2D eigenvalue weighted by Crippen LogP contribution is 2.56. The predicted molar refractivity (Wildman–Crippen MR) is 84.2 cm³/mol. The Morgan fingerprint density at radius 2 is 1.68 bits per heavy atom. The molecule has 5 rings (SSSR count). The van der Waals surface area contributed by atoms with E-state index in [-0.39, 0.29) is 15.6 Å². The summed E-state index contributed by atoms with van der Waals surface area (Å²) in [6, 6.07) is 0. The van der Waals surface area contributed by atoms with Crippen molar-refractivity contribution in [2.45, 2.75) is 55.9 Å². The molecule has 5 nitrogen and oxygen atoms in total. The summed E-state index contributed by atoms with van der Waals surface area (Å²) in [5, 5.41) is 4.33. The Morgan fingerprint density at radius 1 is 1.18 bits per heavy atom. The number of nitrogens with zero attached hydrogens (tertiary/aromatic N) is 2. The fraction of sp³-hybridized carbons (Fsp3) is 0.800. The van der Waals surface area contributed by atoms with Gasteiger partial charge in [-0.1, -0.05) is 11.6 Å². The summed E-state index contributed by atoms with van der Waals surface area (Å²) in [7, 11) is -1.96. The second-order valence-corrected chi connectivity index (χ2v) is 9.61. The van der Waals surface area contributed by atoms with Crippen molar-refractivity contribution in [3.05, 3.63) is 10.8 Å². The largest absolute Gasteiger partial charge is 0.255 e. The highest BCUT2D eigenvalue weighted by atomic mass is 35.5. The summed E-state index contributed by atoms with van der Waals surface area (Å²) < 4.78 is 30.3. The fourth-order valence-corrected chi connectivity index (χ4v) is 7.67. The third-order valence-electron chi connectivity index (χ3n) is 5.76. The van der Waals surface area contributed by atoms with Crippen molar-refractivity contribution in [3.8, 4) is 0 Å². The summed E-state index contributed by atoms with van der Waals surface area (Å²) in [4.78, 5) is 0.146. The van der Waals surface area contributed by atoms with Gasteiger partial charge in [-0.25, -0.2) is 13.1 Å². The van der Waals surface area contributed by atoms with E-state index in [0.717, 1.165) is 19.3 Å². The smallest absolute Gasteiger partial charge is 0.246 e. The minimum atomic E-state index is -3.63. The molecule has 122 valence electrons. The molecule has 1 heterocycles. The van der Waals surface area contributed by atoms with Crippen LogP contribution in [0.25, 0.3) is 0 Å². The van der Waals surface area contributed by atoms with Gasteiger partial charge in [0, 0.05) is 12.6 Å². The Kier molecular flexibility index (Phi) is 3.20. The van der Waals surface area contributed by atoms with Crippen molar-refractivity contribution < 1.29 is 8.42 Å². The number of halogens is 1. The standard InChI is InChI=1S/C15H22ClN3O2S/c1-9-13(14(16)19(2)17-9)22(20,21)18-15-6-10-3-11(7-15)5-12(4-10)8-15/h10-12,18H,3-8H2,1-2H3. The van der Waals surface area contributed by atoms with Crippen LogP contribution in [0.5, 0.6) is 0 Å². The van der Waals surface area contributed by atoms with Gasteiger partial charge in [-0.3, -0.25) is 4.68 Å². The molecule has 0 amide bonds. The van der Waals surface area contributed by atoms with Gasteiger partial charge in [0.1, 0.15) is 10.0 Å². The van der Waals surface area contributed by atoms with Crippen LogP contribution in [0.15, 0.2) is 4.90 Å². The molecule has 0 radical (unpaired) electrons. The zero-order chi connectivity index (χ0) is 15.7. The van der Waals surface area contributed by atoms with Crippen LogP contribution in [0.2, 0.25) is 5.15 Å². The Balaban J connectivity index is 1.68. The molecular weight excluding hydrogens is 322 g/mol. The average molecular weight is 344 g/mol. The zero-order valence-electron chi connectivity index (χ0n) is 13.0. The second kappa shape index (κ2) is 4.71. The van der Waals surface area contributed by atoms with Crippen LogP contribution in [-0.4, -0.2) is 23.7 Å². The molecule has 22 heavy (non-hydrogen) atoms. The average Bonchev–Trinajstić information content (AvgIpc) is 2.59. The first-order valence-corrected chi connectivity index (χ1v) is 9.87. The van der Waals surface area contributed by atoms with E-state index >= 15 is 0 Å². The minimum absolute atomic E-state index is 0.146. The lowest BCUT2D eigenvalue weighted by Crippen LogP contribution is -2.59. The van der Waals surface area contributed by atoms with Crippen LogP contribution in [-0.2, 0) is 17.1 Å². The van der Waals surface area contributed by atoms with Crippen molar-refractivity contribution in [2.75, 3.05) is 0 Å². The van der Waals surface area contributed by atoms with E-state index in [1.54, 1.807) is 14.0 Å². The number of aryl methyl sites for hydroxylation is 2. The second-order valence-electron chi connectivity index (χ2n) is 7.63. The van der Waals surface area contributed by atoms with Gasteiger partial charge < -0.3 is 0 Å². The molecule has 4 aliphatic rings. The lowest BCUT2D eigenvalue weighted by Gasteiger charge is -2.56. The van der Waals surface area contributed by atoms with E-state index in [9.17, 15) is 8.42 Å².